The van der Waals surface area contributed by atoms with Crippen LogP contribution in [0.25, 0.3) is 0 Å². The van der Waals surface area contributed by atoms with Gasteiger partial charge in [0, 0.05) is 30.9 Å². The third kappa shape index (κ3) is 5.94. The van der Waals surface area contributed by atoms with Crippen molar-refractivity contribution in [2.45, 2.75) is 38.1 Å². The fourth-order valence-corrected chi connectivity index (χ4v) is 3.00. The predicted octanol–water partition coefficient (Wildman–Crippen LogP) is 2.47. The van der Waals surface area contributed by atoms with Crippen LogP contribution in [0, 0.1) is 0 Å². The Balaban J connectivity index is 1.76. The van der Waals surface area contributed by atoms with Crippen LogP contribution in [0.3, 0.4) is 0 Å². The lowest BCUT2D eigenvalue weighted by molar-refractivity contribution is -0.119. The molecule has 6 nitrogen and oxygen atoms in total. The number of benzene rings is 1. The number of nitrogens with zero attached hydrogens (tertiary/aromatic N) is 1. The maximum Gasteiger partial charge on any atom is 0.250 e. The average Bonchev–Trinajstić information content (AvgIpc) is 2.56. The van der Waals surface area contributed by atoms with Crippen molar-refractivity contribution in [2.75, 3.05) is 37.9 Å². The lowest BCUT2D eigenvalue weighted by Gasteiger charge is -2.32. The van der Waals surface area contributed by atoms with Crippen LogP contribution in [-0.2, 0) is 14.3 Å². The van der Waals surface area contributed by atoms with Crippen molar-refractivity contribution < 1.29 is 14.3 Å². The van der Waals surface area contributed by atoms with E-state index in [1.807, 2.05) is 0 Å². The van der Waals surface area contributed by atoms with Gasteiger partial charge in [-0.1, -0.05) is 6.42 Å². The first-order chi connectivity index (χ1) is 11.6. The molecule has 2 amide bonds. The molecule has 2 rings (SSSR count). The van der Waals surface area contributed by atoms with Crippen LogP contribution in [0.4, 0.5) is 11.4 Å². The molecular formula is C18H27N3O3. The Kier molecular flexibility index (Phi) is 7.21. The van der Waals surface area contributed by atoms with Crippen molar-refractivity contribution in [3.63, 3.8) is 0 Å². The molecule has 1 aliphatic heterocycles. The number of methoxy groups -OCH3 is 1. The van der Waals surface area contributed by atoms with E-state index >= 15 is 0 Å². The third-order valence-electron chi connectivity index (χ3n) is 4.35. The smallest absolute Gasteiger partial charge is 0.250 e. The van der Waals surface area contributed by atoms with E-state index < -0.39 is 0 Å². The number of hydrogen-bond acceptors (Lipinski definition) is 4. The fourth-order valence-electron chi connectivity index (χ4n) is 3.00. The number of amides is 2. The summed E-state index contributed by atoms with van der Waals surface area (Å²) >= 11 is 0. The summed E-state index contributed by atoms with van der Waals surface area (Å²) in [6.45, 7) is 1.15. The molecule has 0 spiro atoms. The Morgan fingerprint density at radius 1 is 1.12 bits per heavy atom. The molecule has 1 aromatic carbocycles. The molecule has 6 heteroatoms. The number of hydrogen-bond donors (Lipinski definition) is 2. The molecule has 1 fully saturated rings. The SMILES string of the molecule is COCC(=O)Nc1ccc(NC(=O)CCC2CCCCN2C)cc1. The van der Waals surface area contributed by atoms with E-state index in [0.717, 1.165) is 18.7 Å². The summed E-state index contributed by atoms with van der Waals surface area (Å²) < 4.78 is 4.76. The highest BCUT2D eigenvalue weighted by Crippen LogP contribution is 2.19. The minimum absolute atomic E-state index is 0.0219. The molecule has 1 heterocycles. The summed E-state index contributed by atoms with van der Waals surface area (Å²) in [6.07, 6.45) is 5.12. The number of anilines is 2. The zero-order chi connectivity index (χ0) is 17.4. The molecule has 1 aliphatic rings. The van der Waals surface area contributed by atoms with Gasteiger partial charge >= 0.3 is 0 Å². The second-order valence-corrected chi connectivity index (χ2v) is 6.28. The van der Waals surface area contributed by atoms with Crippen molar-refractivity contribution in [3.8, 4) is 0 Å². The van der Waals surface area contributed by atoms with Crippen molar-refractivity contribution >= 4 is 23.2 Å². The van der Waals surface area contributed by atoms with Gasteiger partial charge in [-0.3, -0.25) is 9.59 Å². The number of rotatable bonds is 7. The van der Waals surface area contributed by atoms with E-state index in [-0.39, 0.29) is 18.4 Å². The monoisotopic (exact) mass is 333 g/mol. The van der Waals surface area contributed by atoms with Gasteiger partial charge in [0.15, 0.2) is 0 Å². The van der Waals surface area contributed by atoms with Crippen LogP contribution in [0.5, 0.6) is 0 Å². The van der Waals surface area contributed by atoms with Gasteiger partial charge in [0.05, 0.1) is 0 Å². The van der Waals surface area contributed by atoms with Crippen molar-refractivity contribution in [2.24, 2.45) is 0 Å². The lowest BCUT2D eigenvalue weighted by Crippen LogP contribution is -2.36. The van der Waals surface area contributed by atoms with E-state index in [9.17, 15) is 9.59 Å². The molecule has 0 radical (unpaired) electrons. The minimum Gasteiger partial charge on any atom is -0.375 e. The second-order valence-electron chi connectivity index (χ2n) is 6.28. The maximum absolute atomic E-state index is 12.1. The Labute approximate surface area is 143 Å². The molecule has 0 aromatic heterocycles. The Hall–Kier alpha value is -1.92. The van der Waals surface area contributed by atoms with Crippen LogP contribution in [0.15, 0.2) is 24.3 Å². The Morgan fingerprint density at radius 3 is 2.33 bits per heavy atom. The van der Waals surface area contributed by atoms with E-state index in [1.54, 1.807) is 24.3 Å². The third-order valence-corrected chi connectivity index (χ3v) is 4.35. The quantitative estimate of drug-likeness (QED) is 0.804. The molecule has 132 valence electrons. The van der Waals surface area contributed by atoms with Gasteiger partial charge in [-0.05, 0) is 57.1 Å². The molecule has 0 aliphatic carbocycles. The Bertz CT molecular complexity index is 545. The highest BCUT2D eigenvalue weighted by Gasteiger charge is 2.19. The average molecular weight is 333 g/mol. The molecule has 1 unspecified atom stereocenters. The first kappa shape index (κ1) is 18.4. The zero-order valence-electron chi connectivity index (χ0n) is 14.5. The highest BCUT2D eigenvalue weighted by atomic mass is 16.5. The number of likely N-dealkylation sites (tertiary alicyclic amines) is 1. The fraction of sp³-hybridized carbons (Fsp3) is 0.556. The highest BCUT2D eigenvalue weighted by molar-refractivity contribution is 5.93. The molecule has 0 bridgehead atoms. The molecule has 0 saturated carbocycles. The van der Waals surface area contributed by atoms with Gasteiger partial charge in [-0.2, -0.15) is 0 Å². The summed E-state index contributed by atoms with van der Waals surface area (Å²) in [4.78, 5) is 25.9. The van der Waals surface area contributed by atoms with Crippen molar-refractivity contribution in [3.05, 3.63) is 24.3 Å². The summed E-state index contributed by atoms with van der Waals surface area (Å²) in [5.74, 6) is -0.170. The first-order valence-corrected chi connectivity index (χ1v) is 8.47. The summed E-state index contributed by atoms with van der Waals surface area (Å²) in [6, 6.07) is 7.61. The maximum atomic E-state index is 12.1. The van der Waals surface area contributed by atoms with Crippen molar-refractivity contribution in [1.82, 2.24) is 4.90 Å². The molecule has 1 saturated heterocycles. The summed E-state index contributed by atoms with van der Waals surface area (Å²) in [5.41, 5.74) is 1.42. The first-order valence-electron chi connectivity index (χ1n) is 8.47. The van der Waals surface area contributed by atoms with E-state index in [0.29, 0.717) is 18.2 Å². The molecule has 1 atom stereocenters. The van der Waals surface area contributed by atoms with Gasteiger partial charge in [0.1, 0.15) is 6.61 Å². The topological polar surface area (TPSA) is 70.7 Å². The second kappa shape index (κ2) is 9.39. The minimum atomic E-state index is -0.203. The van der Waals surface area contributed by atoms with E-state index in [4.69, 9.17) is 4.74 Å². The van der Waals surface area contributed by atoms with Crippen molar-refractivity contribution in [1.29, 1.82) is 0 Å². The Morgan fingerprint density at radius 2 is 1.75 bits per heavy atom. The van der Waals surface area contributed by atoms with Crippen LogP contribution in [0.1, 0.15) is 32.1 Å². The summed E-state index contributed by atoms with van der Waals surface area (Å²) in [5, 5.41) is 5.62. The van der Waals surface area contributed by atoms with Crippen LogP contribution in [-0.4, -0.2) is 50.1 Å². The largest absolute Gasteiger partial charge is 0.375 e. The predicted molar refractivity (Wildman–Crippen MR) is 95.1 cm³/mol. The number of carbonyl (C=O) groups excluding carboxylic acids is 2. The van der Waals surface area contributed by atoms with Crippen LogP contribution >= 0.6 is 0 Å². The van der Waals surface area contributed by atoms with Gasteiger partial charge in [-0.25, -0.2) is 0 Å². The molecule has 24 heavy (non-hydrogen) atoms. The lowest BCUT2D eigenvalue weighted by atomic mass is 9.98. The van der Waals surface area contributed by atoms with Gasteiger partial charge in [-0.15, -0.1) is 0 Å². The number of carbonyl (C=O) groups is 2. The molecule has 2 N–H and O–H groups in total. The normalized spacial score (nSPS) is 18.2. The summed E-state index contributed by atoms with van der Waals surface area (Å²) in [7, 11) is 3.61. The van der Waals surface area contributed by atoms with Crippen LogP contribution in [0.2, 0.25) is 0 Å². The number of ether oxygens (including phenoxy) is 1. The number of piperidine rings is 1. The molecule has 1 aromatic rings. The standard InChI is InChI=1S/C18H27N3O3/c1-21-12-4-3-5-16(21)10-11-17(22)19-14-6-8-15(9-7-14)20-18(23)13-24-2/h6-9,16H,3-5,10-13H2,1-2H3,(H,19,22)(H,20,23). The van der Waals surface area contributed by atoms with E-state index in [2.05, 4.69) is 22.6 Å². The zero-order valence-corrected chi connectivity index (χ0v) is 14.5. The molecular weight excluding hydrogens is 306 g/mol. The van der Waals surface area contributed by atoms with E-state index in [1.165, 1.54) is 26.4 Å². The van der Waals surface area contributed by atoms with Gasteiger partial charge < -0.3 is 20.3 Å². The number of nitrogens with one attached hydrogen (secondary N) is 2. The van der Waals surface area contributed by atoms with Crippen LogP contribution < -0.4 is 10.6 Å². The van der Waals surface area contributed by atoms with Gasteiger partial charge in [0.2, 0.25) is 11.8 Å². The van der Waals surface area contributed by atoms with Gasteiger partial charge in [0.25, 0.3) is 0 Å².